The van der Waals surface area contributed by atoms with E-state index in [0.29, 0.717) is 22.8 Å². The van der Waals surface area contributed by atoms with Crippen molar-refractivity contribution in [1.29, 1.82) is 5.26 Å². The van der Waals surface area contributed by atoms with Crippen LogP contribution in [0.5, 0.6) is 0 Å². The van der Waals surface area contributed by atoms with Crippen LogP contribution < -0.4 is 5.56 Å². The van der Waals surface area contributed by atoms with Crippen molar-refractivity contribution in [3.63, 3.8) is 0 Å². The zero-order chi connectivity index (χ0) is 20.7. The van der Waals surface area contributed by atoms with Gasteiger partial charge in [0.2, 0.25) is 5.89 Å². The van der Waals surface area contributed by atoms with Crippen LogP contribution in [0.2, 0.25) is 0 Å². The first-order valence-corrected chi connectivity index (χ1v) is 10.1. The van der Waals surface area contributed by atoms with Crippen molar-refractivity contribution in [3.05, 3.63) is 58.0 Å². The zero-order valence-corrected chi connectivity index (χ0v) is 16.6. The van der Waals surface area contributed by atoms with Gasteiger partial charge in [0.25, 0.3) is 11.4 Å². The molecule has 8 nitrogen and oxygen atoms in total. The average Bonchev–Trinajstić information content (AvgIpc) is 3.40. The summed E-state index contributed by atoms with van der Waals surface area (Å²) >= 11 is 0. The minimum absolute atomic E-state index is 0.175. The van der Waals surface area contributed by atoms with Crippen molar-refractivity contribution < 1.29 is 4.42 Å². The normalized spacial score (nSPS) is 14.8. The summed E-state index contributed by atoms with van der Waals surface area (Å²) in [5, 5.41) is 20.8. The lowest BCUT2D eigenvalue weighted by molar-refractivity contribution is 0.367. The fourth-order valence-electron chi connectivity index (χ4n) is 4.23. The fraction of sp³-hybridized carbons (Fsp3) is 0.318. The summed E-state index contributed by atoms with van der Waals surface area (Å²) in [5.74, 6) is 1.01. The van der Waals surface area contributed by atoms with E-state index in [-0.39, 0.29) is 28.6 Å². The maximum absolute atomic E-state index is 13.3. The molecular formula is C22H20N6O2. The van der Waals surface area contributed by atoms with Crippen LogP contribution in [0.4, 0.5) is 0 Å². The molecule has 3 heterocycles. The predicted octanol–water partition coefficient (Wildman–Crippen LogP) is 3.97. The Morgan fingerprint density at radius 3 is 2.63 bits per heavy atom. The fourth-order valence-corrected chi connectivity index (χ4v) is 4.23. The van der Waals surface area contributed by atoms with Crippen LogP contribution in [0.1, 0.15) is 55.3 Å². The molecule has 30 heavy (non-hydrogen) atoms. The van der Waals surface area contributed by atoms with Crippen LogP contribution in [-0.4, -0.2) is 24.8 Å². The Bertz CT molecular complexity index is 1320. The smallest absolute Gasteiger partial charge is 0.285 e. The zero-order valence-electron chi connectivity index (χ0n) is 16.6. The topological polar surface area (TPSA) is 113 Å². The van der Waals surface area contributed by atoms with Crippen molar-refractivity contribution in [2.75, 3.05) is 0 Å². The number of benzene rings is 1. The molecule has 1 aliphatic carbocycles. The lowest BCUT2D eigenvalue weighted by Gasteiger charge is -2.17. The number of aromatic nitrogens is 5. The van der Waals surface area contributed by atoms with E-state index >= 15 is 0 Å². The van der Waals surface area contributed by atoms with Crippen molar-refractivity contribution in [2.24, 2.45) is 0 Å². The van der Waals surface area contributed by atoms with Gasteiger partial charge in [0.1, 0.15) is 17.3 Å². The molecule has 1 N–H and O–H groups in total. The van der Waals surface area contributed by atoms with E-state index in [0.717, 1.165) is 31.2 Å². The Hall–Kier alpha value is -3.73. The second kappa shape index (κ2) is 7.26. The average molecular weight is 400 g/mol. The van der Waals surface area contributed by atoms with Gasteiger partial charge in [-0.2, -0.15) is 9.78 Å². The molecule has 0 spiro atoms. The van der Waals surface area contributed by atoms with Crippen LogP contribution in [0.25, 0.3) is 28.2 Å². The van der Waals surface area contributed by atoms with E-state index in [1.807, 2.05) is 30.3 Å². The van der Waals surface area contributed by atoms with Gasteiger partial charge in [-0.1, -0.05) is 49.6 Å². The number of nitrogens with zero attached hydrogens (tertiary/aromatic N) is 5. The van der Waals surface area contributed by atoms with E-state index in [4.69, 9.17) is 4.42 Å². The second-order valence-electron chi connectivity index (χ2n) is 7.66. The van der Waals surface area contributed by atoms with E-state index in [1.54, 1.807) is 6.92 Å². The molecule has 8 heteroatoms. The molecule has 0 saturated heterocycles. The number of aromatic amines is 1. The highest BCUT2D eigenvalue weighted by Gasteiger charge is 2.26. The second-order valence-corrected chi connectivity index (χ2v) is 7.66. The largest absolute Gasteiger partial charge is 0.420 e. The van der Waals surface area contributed by atoms with Gasteiger partial charge in [-0.25, -0.2) is 4.98 Å². The van der Waals surface area contributed by atoms with E-state index in [1.165, 1.54) is 10.9 Å². The Morgan fingerprint density at radius 2 is 1.90 bits per heavy atom. The maximum atomic E-state index is 13.3. The van der Waals surface area contributed by atoms with Crippen LogP contribution in [0.3, 0.4) is 0 Å². The molecule has 3 aromatic heterocycles. The highest BCUT2D eigenvalue weighted by atomic mass is 16.4. The van der Waals surface area contributed by atoms with Crippen LogP contribution >= 0.6 is 0 Å². The van der Waals surface area contributed by atoms with E-state index in [2.05, 4.69) is 26.3 Å². The van der Waals surface area contributed by atoms with Crippen molar-refractivity contribution >= 4 is 5.65 Å². The molecule has 1 fully saturated rings. The van der Waals surface area contributed by atoms with Gasteiger partial charge in [0.05, 0.1) is 11.3 Å². The first kappa shape index (κ1) is 18.3. The van der Waals surface area contributed by atoms with Crippen molar-refractivity contribution in [1.82, 2.24) is 24.8 Å². The summed E-state index contributed by atoms with van der Waals surface area (Å²) < 4.78 is 7.20. The number of H-pyrrole nitrogens is 1. The Labute approximate surface area is 172 Å². The number of aryl methyl sites for hydroxylation is 1. The third-order valence-corrected chi connectivity index (χ3v) is 5.74. The molecule has 1 aromatic carbocycles. The van der Waals surface area contributed by atoms with Crippen LogP contribution in [0, 0.1) is 18.3 Å². The van der Waals surface area contributed by atoms with Gasteiger partial charge in [-0.3, -0.25) is 9.89 Å². The number of nitriles is 1. The molecule has 4 aromatic rings. The number of fused-ring (bicyclic) bond motifs is 1. The molecule has 0 unspecified atom stereocenters. The standard InChI is InChI=1S/C22H20N6O2/c1-13-17(21-26-25-20(30-21)15-10-6-3-7-11-15)22(29)28-19(24-13)18(16(12-23)27-28)14-8-4-2-5-9-14/h2,4-5,8-9,15,27H,3,6-7,10-11H2,1H3. The quantitative estimate of drug-likeness (QED) is 0.557. The van der Waals surface area contributed by atoms with Crippen molar-refractivity contribution in [2.45, 2.75) is 44.9 Å². The summed E-state index contributed by atoms with van der Waals surface area (Å²) in [6.45, 7) is 1.75. The Morgan fingerprint density at radius 1 is 1.13 bits per heavy atom. The molecular weight excluding hydrogens is 380 g/mol. The SMILES string of the molecule is Cc1nc2c(-c3ccccc3)c(C#N)[nH]n2c(=O)c1-c1nnc(C2CCCCC2)o1. The molecule has 150 valence electrons. The minimum Gasteiger partial charge on any atom is -0.420 e. The minimum atomic E-state index is -0.366. The molecule has 0 bridgehead atoms. The maximum Gasteiger partial charge on any atom is 0.285 e. The molecule has 1 saturated carbocycles. The lowest BCUT2D eigenvalue weighted by Crippen LogP contribution is -2.19. The van der Waals surface area contributed by atoms with E-state index < -0.39 is 0 Å². The van der Waals surface area contributed by atoms with Gasteiger partial charge in [-0.15, -0.1) is 10.2 Å². The molecule has 0 amide bonds. The molecule has 0 atom stereocenters. The van der Waals surface area contributed by atoms with Gasteiger partial charge in [-0.05, 0) is 25.3 Å². The summed E-state index contributed by atoms with van der Waals surface area (Å²) in [6.07, 6.45) is 5.59. The third kappa shape index (κ3) is 2.90. The monoisotopic (exact) mass is 400 g/mol. The van der Waals surface area contributed by atoms with Crippen LogP contribution in [0.15, 0.2) is 39.5 Å². The number of nitrogens with one attached hydrogen (secondary N) is 1. The highest BCUT2D eigenvalue weighted by molar-refractivity contribution is 5.82. The number of rotatable bonds is 3. The first-order chi connectivity index (χ1) is 14.7. The number of hydrogen-bond acceptors (Lipinski definition) is 6. The van der Waals surface area contributed by atoms with Crippen molar-refractivity contribution in [3.8, 4) is 28.7 Å². The number of hydrogen-bond donors (Lipinski definition) is 1. The molecule has 1 aliphatic rings. The van der Waals surface area contributed by atoms with Gasteiger partial charge < -0.3 is 4.42 Å². The Kier molecular flexibility index (Phi) is 4.43. The summed E-state index contributed by atoms with van der Waals surface area (Å²) in [5.41, 5.74) is 2.45. The van der Waals surface area contributed by atoms with Crippen LogP contribution in [-0.2, 0) is 0 Å². The molecule has 5 rings (SSSR count). The lowest BCUT2D eigenvalue weighted by atomic mass is 9.89. The first-order valence-electron chi connectivity index (χ1n) is 10.1. The third-order valence-electron chi connectivity index (χ3n) is 5.74. The summed E-state index contributed by atoms with van der Waals surface area (Å²) in [6, 6.07) is 11.6. The van der Waals surface area contributed by atoms with Gasteiger partial charge in [0.15, 0.2) is 5.65 Å². The highest BCUT2D eigenvalue weighted by Crippen LogP contribution is 2.33. The molecule has 0 radical (unpaired) electrons. The predicted molar refractivity (Wildman–Crippen MR) is 110 cm³/mol. The van der Waals surface area contributed by atoms with Gasteiger partial charge >= 0.3 is 0 Å². The molecule has 0 aliphatic heterocycles. The summed E-state index contributed by atoms with van der Waals surface area (Å²) in [4.78, 5) is 17.9. The summed E-state index contributed by atoms with van der Waals surface area (Å²) in [7, 11) is 0. The Balaban J connectivity index is 1.66. The van der Waals surface area contributed by atoms with Gasteiger partial charge in [0, 0.05) is 5.92 Å². The van der Waals surface area contributed by atoms with E-state index in [9.17, 15) is 10.1 Å².